The number of anilines is 1. The number of aromatic nitrogens is 1. The van der Waals surface area contributed by atoms with Gasteiger partial charge in [-0.1, -0.05) is 17.7 Å². The maximum atomic E-state index is 12.3. The largest absolute Gasteiger partial charge is 0.394 e. The van der Waals surface area contributed by atoms with Gasteiger partial charge in [0.05, 0.1) is 25.2 Å². The third-order valence-electron chi connectivity index (χ3n) is 5.07. The zero-order valence-corrected chi connectivity index (χ0v) is 17.8. The molecule has 1 aromatic heterocycles. The number of carbonyl (C=O) groups excluding carboxylic acids is 2. The molecular formula is C22H27ClN4O4. The fourth-order valence-corrected chi connectivity index (χ4v) is 3.61. The lowest BCUT2D eigenvalue weighted by atomic mass is 9.97. The number of hydrogen-bond donors (Lipinski definition) is 4. The van der Waals surface area contributed by atoms with Crippen LogP contribution in [0.4, 0.5) is 10.5 Å². The van der Waals surface area contributed by atoms with Gasteiger partial charge in [-0.15, -0.1) is 0 Å². The van der Waals surface area contributed by atoms with E-state index in [-0.39, 0.29) is 37.1 Å². The Balaban J connectivity index is 1.39. The van der Waals surface area contributed by atoms with Crippen LogP contribution in [0.5, 0.6) is 0 Å². The second-order valence-electron chi connectivity index (χ2n) is 7.40. The lowest BCUT2D eigenvalue weighted by Gasteiger charge is -2.36. The highest BCUT2D eigenvalue weighted by Crippen LogP contribution is 2.22. The summed E-state index contributed by atoms with van der Waals surface area (Å²) in [7, 11) is 0. The lowest BCUT2D eigenvalue weighted by Crippen LogP contribution is -2.52. The van der Waals surface area contributed by atoms with Crippen LogP contribution < -0.4 is 16.0 Å². The smallest absolute Gasteiger partial charge is 0.319 e. The summed E-state index contributed by atoms with van der Waals surface area (Å²) < 4.78 is 5.94. The highest BCUT2D eigenvalue weighted by molar-refractivity contribution is 6.30. The van der Waals surface area contributed by atoms with Crippen LogP contribution in [0.1, 0.15) is 25.0 Å². The fourth-order valence-electron chi connectivity index (χ4n) is 3.48. The fraction of sp³-hybridized carbons (Fsp3) is 0.409. The monoisotopic (exact) mass is 446 g/mol. The second-order valence-corrected chi connectivity index (χ2v) is 7.84. The van der Waals surface area contributed by atoms with Gasteiger partial charge in [-0.05, 0) is 55.7 Å². The Labute approximate surface area is 186 Å². The van der Waals surface area contributed by atoms with Gasteiger partial charge >= 0.3 is 6.03 Å². The normalized spacial score (nSPS) is 20.6. The number of pyridine rings is 1. The quantitative estimate of drug-likeness (QED) is 0.497. The first-order chi connectivity index (χ1) is 15.0. The van der Waals surface area contributed by atoms with E-state index in [0.717, 1.165) is 12.1 Å². The molecule has 3 rings (SSSR count). The van der Waals surface area contributed by atoms with Crippen LogP contribution in [0.3, 0.4) is 0 Å². The Hall–Kier alpha value is -2.68. The van der Waals surface area contributed by atoms with Crippen molar-refractivity contribution in [3.8, 4) is 0 Å². The molecule has 1 fully saturated rings. The minimum atomic E-state index is -0.501. The van der Waals surface area contributed by atoms with Gasteiger partial charge in [0.2, 0.25) is 5.91 Å². The van der Waals surface area contributed by atoms with Crippen LogP contribution in [-0.4, -0.2) is 53.4 Å². The molecular weight excluding hydrogens is 420 g/mol. The van der Waals surface area contributed by atoms with Crippen molar-refractivity contribution in [3.05, 3.63) is 59.4 Å². The molecule has 1 aliphatic rings. The van der Waals surface area contributed by atoms with Gasteiger partial charge in [0.15, 0.2) is 0 Å². The number of aliphatic hydroxyl groups is 1. The molecule has 0 radical (unpaired) electrons. The number of aliphatic hydroxyl groups excluding tert-OH is 1. The van der Waals surface area contributed by atoms with Gasteiger partial charge in [0.25, 0.3) is 0 Å². The first-order valence-electron chi connectivity index (χ1n) is 10.3. The van der Waals surface area contributed by atoms with E-state index in [1.807, 2.05) is 18.2 Å². The van der Waals surface area contributed by atoms with Crippen molar-refractivity contribution < 1.29 is 19.4 Å². The van der Waals surface area contributed by atoms with Gasteiger partial charge in [-0.2, -0.15) is 0 Å². The maximum Gasteiger partial charge on any atom is 0.319 e. The van der Waals surface area contributed by atoms with E-state index in [1.54, 1.807) is 30.5 Å². The van der Waals surface area contributed by atoms with Crippen molar-refractivity contribution in [1.82, 2.24) is 15.6 Å². The number of urea groups is 1. The van der Waals surface area contributed by atoms with E-state index in [2.05, 4.69) is 20.9 Å². The average Bonchev–Trinajstić information content (AvgIpc) is 2.77. The third-order valence-corrected chi connectivity index (χ3v) is 5.32. The van der Waals surface area contributed by atoms with Crippen molar-refractivity contribution in [2.24, 2.45) is 0 Å². The maximum absolute atomic E-state index is 12.3. The summed E-state index contributed by atoms with van der Waals surface area (Å²) in [5.74, 6) is -0.0911. The molecule has 2 heterocycles. The SMILES string of the molecule is O=C(Cc1ccccn1)NCC[C@H]1CC[C@@H](NC(=O)Nc2ccc(Cl)cc2)[C@H](CO)O1. The lowest BCUT2D eigenvalue weighted by molar-refractivity contribution is -0.121. The first kappa shape index (κ1) is 23.0. The molecule has 0 unspecified atom stereocenters. The Morgan fingerprint density at radius 1 is 1.16 bits per heavy atom. The Morgan fingerprint density at radius 2 is 1.97 bits per heavy atom. The van der Waals surface area contributed by atoms with Crippen molar-refractivity contribution >= 4 is 29.2 Å². The minimum absolute atomic E-state index is 0.0911. The van der Waals surface area contributed by atoms with Crippen LogP contribution >= 0.6 is 11.6 Å². The molecule has 3 atom stereocenters. The second kappa shape index (κ2) is 11.6. The zero-order chi connectivity index (χ0) is 22.1. The van der Waals surface area contributed by atoms with E-state index in [4.69, 9.17) is 16.3 Å². The molecule has 0 bridgehead atoms. The predicted octanol–water partition coefficient (Wildman–Crippen LogP) is 2.51. The number of carbonyl (C=O) groups is 2. The van der Waals surface area contributed by atoms with E-state index in [0.29, 0.717) is 30.1 Å². The number of halogens is 1. The topological polar surface area (TPSA) is 113 Å². The van der Waals surface area contributed by atoms with Crippen molar-refractivity contribution in [2.75, 3.05) is 18.5 Å². The number of rotatable bonds is 8. The molecule has 31 heavy (non-hydrogen) atoms. The van der Waals surface area contributed by atoms with Crippen LogP contribution in [0.2, 0.25) is 5.02 Å². The first-order valence-corrected chi connectivity index (χ1v) is 10.7. The molecule has 0 spiro atoms. The summed E-state index contributed by atoms with van der Waals surface area (Å²) in [6.45, 7) is 0.276. The molecule has 1 saturated heterocycles. The standard InChI is InChI=1S/C22H27ClN4O4/c23-15-4-6-16(7-5-15)26-22(30)27-19-9-8-18(31-20(19)14-28)10-12-25-21(29)13-17-3-1-2-11-24-17/h1-7,11,18-20,28H,8-10,12-14H2,(H,25,29)(H2,26,27,30)/t18-,19-,20+/m1/s1. The predicted molar refractivity (Wildman–Crippen MR) is 118 cm³/mol. The number of nitrogens with one attached hydrogen (secondary N) is 3. The summed E-state index contributed by atoms with van der Waals surface area (Å²) in [5, 5.41) is 18.8. The van der Waals surface area contributed by atoms with Crippen LogP contribution in [0.15, 0.2) is 48.7 Å². The highest BCUT2D eigenvalue weighted by Gasteiger charge is 2.31. The number of hydrogen-bond acceptors (Lipinski definition) is 5. The Morgan fingerprint density at radius 3 is 2.68 bits per heavy atom. The zero-order valence-electron chi connectivity index (χ0n) is 17.1. The summed E-state index contributed by atoms with van der Waals surface area (Å²) in [6, 6.07) is 11.6. The molecule has 3 amide bonds. The van der Waals surface area contributed by atoms with Crippen LogP contribution in [-0.2, 0) is 16.0 Å². The van der Waals surface area contributed by atoms with E-state index in [9.17, 15) is 14.7 Å². The molecule has 2 aromatic rings. The molecule has 4 N–H and O–H groups in total. The Kier molecular flexibility index (Phi) is 8.63. The summed E-state index contributed by atoms with van der Waals surface area (Å²) in [4.78, 5) is 28.4. The van der Waals surface area contributed by atoms with Gasteiger partial charge in [-0.3, -0.25) is 9.78 Å². The average molecular weight is 447 g/mol. The number of ether oxygens (including phenoxy) is 1. The highest BCUT2D eigenvalue weighted by atomic mass is 35.5. The van der Waals surface area contributed by atoms with Crippen molar-refractivity contribution in [2.45, 2.75) is 43.9 Å². The van der Waals surface area contributed by atoms with E-state index in [1.165, 1.54) is 0 Å². The van der Waals surface area contributed by atoms with E-state index >= 15 is 0 Å². The molecule has 0 saturated carbocycles. The summed E-state index contributed by atoms with van der Waals surface area (Å²) in [5.41, 5.74) is 1.35. The number of benzene rings is 1. The Bertz CT molecular complexity index is 850. The molecule has 1 aromatic carbocycles. The summed E-state index contributed by atoms with van der Waals surface area (Å²) in [6.07, 6.45) is 3.33. The molecule has 8 nitrogen and oxygen atoms in total. The summed E-state index contributed by atoms with van der Waals surface area (Å²) >= 11 is 5.85. The molecule has 0 aliphatic carbocycles. The van der Waals surface area contributed by atoms with E-state index < -0.39 is 6.10 Å². The van der Waals surface area contributed by atoms with Crippen molar-refractivity contribution in [1.29, 1.82) is 0 Å². The van der Waals surface area contributed by atoms with Gasteiger partial charge in [0, 0.05) is 29.1 Å². The van der Waals surface area contributed by atoms with Gasteiger partial charge < -0.3 is 25.8 Å². The van der Waals surface area contributed by atoms with Gasteiger partial charge in [-0.25, -0.2) is 4.79 Å². The number of amides is 3. The molecule has 9 heteroatoms. The molecule has 166 valence electrons. The van der Waals surface area contributed by atoms with Gasteiger partial charge in [0.1, 0.15) is 6.10 Å². The van der Waals surface area contributed by atoms with Crippen LogP contribution in [0.25, 0.3) is 0 Å². The van der Waals surface area contributed by atoms with Crippen molar-refractivity contribution in [3.63, 3.8) is 0 Å². The number of nitrogens with zero attached hydrogens (tertiary/aromatic N) is 1. The molecule has 1 aliphatic heterocycles. The van der Waals surface area contributed by atoms with Crippen LogP contribution in [0, 0.1) is 0 Å². The minimum Gasteiger partial charge on any atom is -0.394 e. The third kappa shape index (κ3) is 7.50.